The van der Waals surface area contributed by atoms with Gasteiger partial charge in [0.1, 0.15) is 5.78 Å². The molecule has 0 aliphatic rings. The van der Waals surface area contributed by atoms with Crippen molar-refractivity contribution in [3.8, 4) is 0 Å². The normalized spacial score (nSPS) is 12.3. The van der Waals surface area contributed by atoms with Crippen molar-refractivity contribution in [3.05, 3.63) is 52.5 Å². The lowest BCUT2D eigenvalue weighted by atomic mass is 10.0. The van der Waals surface area contributed by atoms with Crippen molar-refractivity contribution in [2.75, 3.05) is 0 Å². The van der Waals surface area contributed by atoms with E-state index in [1.165, 1.54) is 11.3 Å². The molecule has 3 nitrogen and oxygen atoms in total. The van der Waals surface area contributed by atoms with Gasteiger partial charge in [0.2, 0.25) is 0 Å². The number of Topliss-reactive ketones (excluding diaryl/α,β-unsaturated/α-hetero) is 1. The number of nitrogens with two attached hydrogens (primary N) is 1. The first-order valence-electron chi connectivity index (χ1n) is 5.95. The summed E-state index contributed by atoms with van der Waals surface area (Å²) in [5, 5.41) is 0. The number of hydrogen-bond donors (Lipinski definition) is 1. The molecular weight excluding hydrogens is 244 g/mol. The summed E-state index contributed by atoms with van der Waals surface area (Å²) in [7, 11) is 0. The molecule has 94 valence electrons. The van der Waals surface area contributed by atoms with Gasteiger partial charge >= 0.3 is 0 Å². The summed E-state index contributed by atoms with van der Waals surface area (Å²) in [5.41, 5.74) is 8.89. The quantitative estimate of drug-likeness (QED) is 0.868. The molecule has 18 heavy (non-hydrogen) atoms. The molecule has 0 radical (unpaired) electrons. The largest absolute Gasteiger partial charge is 0.324 e. The topological polar surface area (TPSA) is 56.0 Å². The molecule has 2 N–H and O–H groups in total. The molecule has 0 aliphatic heterocycles. The Morgan fingerprint density at radius 1 is 1.33 bits per heavy atom. The monoisotopic (exact) mass is 260 g/mol. The van der Waals surface area contributed by atoms with Crippen molar-refractivity contribution < 1.29 is 4.79 Å². The van der Waals surface area contributed by atoms with Crippen LogP contribution in [0.15, 0.2) is 42.0 Å². The minimum Gasteiger partial charge on any atom is -0.324 e. The van der Waals surface area contributed by atoms with Crippen LogP contribution < -0.4 is 5.73 Å². The maximum atomic E-state index is 11.8. The highest BCUT2D eigenvalue weighted by Crippen LogP contribution is 2.16. The molecule has 0 bridgehead atoms. The standard InChI is InChI=1S/C14H16N2OS/c15-14(11-4-2-1-3-5-11)7-6-12(17)8-13-9-16-10-18-13/h1-5,9-10,14H,6-8,15H2. The highest BCUT2D eigenvalue weighted by Gasteiger charge is 2.10. The highest BCUT2D eigenvalue weighted by molar-refractivity contribution is 7.09. The summed E-state index contributed by atoms with van der Waals surface area (Å²) in [6.07, 6.45) is 3.45. The Kier molecular flexibility index (Phi) is 4.61. The molecule has 1 aromatic carbocycles. The van der Waals surface area contributed by atoms with Crippen LogP contribution in [0.25, 0.3) is 0 Å². The van der Waals surface area contributed by atoms with Gasteiger partial charge in [0.15, 0.2) is 0 Å². The average Bonchev–Trinajstić information content (AvgIpc) is 2.90. The smallest absolute Gasteiger partial charge is 0.138 e. The van der Waals surface area contributed by atoms with E-state index in [1.807, 2.05) is 30.3 Å². The van der Waals surface area contributed by atoms with Crippen LogP contribution in [0.1, 0.15) is 29.3 Å². The number of ketones is 1. The first kappa shape index (κ1) is 12.9. The van der Waals surface area contributed by atoms with Gasteiger partial charge in [-0.1, -0.05) is 30.3 Å². The summed E-state index contributed by atoms with van der Waals surface area (Å²) >= 11 is 1.52. The Balaban J connectivity index is 1.79. The summed E-state index contributed by atoms with van der Waals surface area (Å²) < 4.78 is 0. The van der Waals surface area contributed by atoms with Crippen LogP contribution in [0.4, 0.5) is 0 Å². The van der Waals surface area contributed by atoms with Crippen molar-refractivity contribution in [1.82, 2.24) is 4.98 Å². The first-order chi connectivity index (χ1) is 8.75. The van der Waals surface area contributed by atoms with E-state index in [0.717, 1.165) is 10.4 Å². The van der Waals surface area contributed by atoms with Crippen LogP contribution in [0.2, 0.25) is 0 Å². The second-order valence-electron chi connectivity index (χ2n) is 4.24. The summed E-state index contributed by atoms with van der Waals surface area (Å²) in [5.74, 6) is 0.227. The van der Waals surface area contributed by atoms with Crippen molar-refractivity contribution in [3.63, 3.8) is 0 Å². The molecule has 0 saturated carbocycles. The van der Waals surface area contributed by atoms with Gasteiger partial charge in [0.05, 0.1) is 5.51 Å². The van der Waals surface area contributed by atoms with E-state index in [4.69, 9.17) is 5.73 Å². The Morgan fingerprint density at radius 2 is 2.11 bits per heavy atom. The molecule has 2 rings (SSSR count). The van der Waals surface area contributed by atoms with Gasteiger partial charge in [-0.2, -0.15) is 0 Å². The Morgan fingerprint density at radius 3 is 2.78 bits per heavy atom. The van der Waals surface area contributed by atoms with Crippen LogP contribution in [-0.4, -0.2) is 10.8 Å². The molecule has 0 aliphatic carbocycles. The second kappa shape index (κ2) is 6.42. The highest BCUT2D eigenvalue weighted by atomic mass is 32.1. The van der Waals surface area contributed by atoms with Gasteiger partial charge in [0.25, 0.3) is 0 Å². The van der Waals surface area contributed by atoms with Crippen LogP contribution in [0.3, 0.4) is 0 Å². The fourth-order valence-corrected chi connectivity index (χ4v) is 2.42. The van der Waals surface area contributed by atoms with Crippen LogP contribution in [0.5, 0.6) is 0 Å². The van der Waals surface area contributed by atoms with Crippen molar-refractivity contribution >= 4 is 17.1 Å². The molecule has 1 atom stereocenters. The molecule has 1 unspecified atom stereocenters. The van der Waals surface area contributed by atoms with Gasteiger partial charge in [-0.15, -0.1) is 11.3 Å². The molecule has 4 heteroatoms. The zero-order valence-electron chi connectivity index (χ0n) is 10.1. The number of benzene rings is 1. The molecule has 2 aromatic rings. The molecule has 0 fully saturated rings. The number of rotatable bonds is 6. The SMILES string of the molecule is NC(CCC(=O)Cc1cncs1)c1ccccc1. The van der Waals surface area contributed by atoms with Crippen LogP contribution in [-0.2, 0) is 11.2 Å². The number of hydrogen-bond acceptors (Lipinski definition) is 4. The fraction of sp³-hybridized carbons (Fsp3) is 0.286. The number of nitrogens with zero attached hydrogens (tertiary/aromatic N) is 1. The zero-order valence-corrected chi connectivity index (χ0v) is 10.9. The lowest BCUT2D eigenvalue weighted by Crippen LogP contribution is -2.13. The Labute approximate surface area is 111 Å². The molecule has 0 amide bonds. The van der Waals surface area contributed by atoms with Crippen molar-refractivity contribution in [1.29, 1.82) is 0 Å². The molecule has 1 aromatic heterocycles. The van der Waals surface area contributed by atoms with Gasteiger partial charge in [-0.05, 0) is 12.0 Å². The first-order valence-corrected chi connectivity index (χ1v) is 6.83. The predicted octanol–water partition coefficient (Wildman–Crippen LogP) is 2.73. The lowest BCUT2D eigenvalue weighted by Gasteiger charge is -2.10. The van der Waals surface area contributed by atoms with Gasteiger partial charge in [0, 0.05) is 30.0 Å². The van der Waals surface area contributed by atoms with E-state index < -0.39 is 0 Å². The minimum atomic E-state index is -0.0587. The Hall–Kier alpha value is -1.52. The van der Waals surface area contributed by atoms with Crippen molar-refractivity contribution in [2.45, 2.75) is 25.3 Å². The number of carbonyl (C=O) groups is 1. The maximum absolute atomic E-state index is 11.8. The van der Waals surface area contributed by atoms with E-state index in [0.29, 0.717) is 19.3 Å². The molecule has 0 spiro atoms. The van der Waals surface area contributed by atoms with Gasteiger partial charge < -0.3 is 5.73 Å². The molecule has 0 saturated heterocycles. The van der Waals surface area contributed by atoms with E-state index in [2.05, 4.69) is 4.98 Å². The second-order valence-corrected chi connectivity index (χ2v) is 5.21. The number of thiazole rings is 1. The van der Waals surface area contributed by atoms with Crippen LogP contribution >= 0.6 is 11.3 Å². The third-order valence-corrected chi connectivity index (χ3v) is 3.60. The minimum absolute atomic E-state index is 0.0587. The van der Waals surface area contributed by atoms with Crippen molar-refractivity contribution in [2.24, 2.45) is 5.73 Å². The molecule has 1 heterocycles. The molecular formula is C14H16N2OS. The average molecular weight is 260 g/mol. The maximum Gasteiger partial charge on any atom is 0.138 e. The van der Waals surface area contributed by atoms with Crippen LogP contribution in [0, 0.1) is 0 Å². The number of carbonyl (C=O) groups excluding carboxylic acids is 1. The van der Waals surface area contributed by atoms with Gasteiger partial charge in [-0.25, -0.2) is 0 Å². The number of aromatic nitrogens is 1. The summed E-state index contributed by atoms with van der Waals surface area (Å²) in [6.45, 7) is 0. The Bertz CT molecular complexity index is 482. The van der Waals surface area contributed by atoms with E-state index in [9.17, 15) is 4.79 Å². The lowest BCUT2D eigenvalue weighted by molar-refractivity contribution is -0.118. The summed E-state index contributed by atoms with van der Waals surface area (Å²) in [4.78, 5) is 16.8. The fourth-order valence-electron chi connectivity index (χ4n) is 1.80. The third kappa shape index (κ3) is 3.75. The van der Waals surface area contributed by atoms with Gasteiger partial charge in [-0.3, -0.25) is 9.78 Å². The van der Waals surface area contributed by atoms with E-state index in [-0.39, 0.29) is 11.8 Å². The predicted molar refractivity (Wildman–Crippen MR) is 73.4 cm³/mol. The zero-order chi connectivity index (χ0) is 12.8. The third-order valence-electron chi connectivity index (χ3n) is 2.82. The van der Waals surface area contributed by atoms with E-state index >= 15 is 0 Å². The van der Waals surface area contributed by atoms with E-state index in [1.54, 1.807) is 11.7 Å². The summed E-state index contributed by atoms with van der Waals surface area (Å²) in [6, 6.07) is 9.83.